The summed E-state index contributed by atoms with van der Waals surface area (Å²) >= 11 is 0. The van der Waals surface area contributed by atoms with E-state index in [1.54, 1.807) is 0 Å². The van der Waals surface area contributed by atoms with Crippen LogP contribution in [0.5, 0.6) is 0 Å². The molecule has 0 aromatic heterocycles. The van der Waals surface area contributed by atoms with E-state index >= 15 is 0 Å². The van der Waals surface area contributed by atoms with Crippen molar-refractivity contribution in [2.24, 2.45) is 5.92 Å². The predicted molar refractivity (Wildman–Crippen MR) is 66.5 cm³/mol. The Morgan fingerprint density at radius 2 is 2.06 bits per heavy atom. The second-order valence-electron chi connectivity index (χ2n) is 5.74. The van der Waals surface area contributed by atoms with E-state index in [0.717, 1.165) is 26.1 Å². The lowest BCUT2D eigenvalue weighted by Crippen LogP contribution is -2.42. The van der Waals surface area contributed by atoms with E-state index < -0.39 is 0 Å². The van der Waals surface area contributed by atoms with Crippen molar-refractivity contribution in [3.63, 3.8) is 0 Å². The van der Waals surface area contributed by atoms with Crippen molar-refractivity contribution in [2.75, 3.05) is 19.6 Å². The Labute approximate surface area is 99.2 Å². The first-order valence-electron chi connectivity index (χ1n) is 6.82. The molecule has 2 atom stereocenters. The molecule has 0 amide bonds. The Kier molecular flexibility index (Phi) is 4.22. The topological polar surface area (TPSA) is 35.5 Å². The molecule has 2 rings (SSSR count). The molecule has 2 N–H and O–H groups in total. The minimum atomic E-state index is -0.149. The maximum Gasteiger partial charge on any atom is 0.0705 e. The third-order valence-electron chi connectivity index (χ3n) is 4.25. The van der Waals surface area contributed by atoms with Crippen LogP contribution in [0, 0.1) is 5.92 Å². The first-order valence-corrected chi connectivity index (χ1v) is 6.82. The van der Waals surface area contributed by atoms with Crippen LogP contribution >= 0.6 is 0 Å². The van der Waals surface area contributed by atoms with Gasteiger partial charge in [-0.25, -0.2) is 0 Å². The maximum atomic E-state index is 10.1. The van der Waals surface area contributed by atoms with Gasteiger partial charge < -0.3 is 15.3 Å². The summed E-state index contributed by atoms with van der Waals surface area (Å²) in [5.74, 6) is 0.481. The van der Waals surface area contributed by atoms with Gasteiger partial charge in [-0.3, -0.25) is 0 Å². The van der Waals surface area contributed by atoms with Gasteiger partial charge >= 0.3 is 0 Å². The van der Waals surface area contributed by atoms with E-state index in [9.17, 15) is 5.11 Å². The summed E-state index contributed by atoms with van der Waals surface area (Å²) in [5.41, 5.74) is 0. The molecule has 0 spiro atoms. The van der Waals surface area contributed by atoms with Gasteiger partial charge in [-0.1, -0.05) is 6.42 Å². The molecule has 0 bridgehead atoms. The number of nitrogens with one attached hydrogen (secondary N) is 1. The summed E-state index contributed by atoms with van der Waals surface area (Å²) < 4.78 is 0. The lowest BCUT2D eigenvalue weighted by Gasteiger charge is -2.29. The van der Waals surface area contributed by atoms with E-state index in [4.69, 9.17) is 0 Å². The number of nitrogens with zero attached hydrogens (tertiary/aromatic N) is 1. The molecule has 2 aliphatic rings. The van der Waals surface area contributed by atoms with E-state index in [1.807, 2.05) is 0 Å². The second kappa shape index (κ2) is 5.48. The second-order valence-corrected chi connectivity index (χ2v) is 5.74. The highest BCUT2D eigenvalue weighted by Crippen LogP contribution is 2.22. The quantitative estimate of drug-likeness (QED) is 0.740. The Morgan fingerprint density at radius 3 is 2.56 bits per heavy atom. The Hall–Kier alpha value is -0.120. The number of rotatable bonds is 5. The highest BCUT2D eigenvalue weighted by molar-refractivity contribution is 4.85. The van der Waals surface area contributed by atoms with Gasteiger partial charge in [-0.15, -0.1) is 0 Å². The molecular formula is C13H26N2O. The number of likely N-dealkylation sites (tertiary alicyclic amines) is 1. The molecule has 0 aromatic carbocycles. The van der Waals surface area contributed by atoms with Gasteiger partial charge in [0.05, 0.1) is 6.10 Å². The molecule has 0 radical (unpaired) electrons. The van der Waals surface area contributed by atoms with Gasteiger partial charge in [0.15, 0.2) is 0 Å². The van der Waals surface area contributed by atoms with Crippen molar-refractivity contribution in [1.29, 1.82) is 0 Å². The fourth-order valence-electron chi connectivity index (χ4n) is 2.66. The van der Waals surface area contributed by atoms with Gasteiger partial charge in [0.25, 0.3) is 0 Å². The molecule has 0 aromatic rings. The monoisotopic (exact) mass is 226 g/mol. The van der Waals surface area contributed by atoms with E-state index in [-0.39, 0.29) is 6.10 Å². The molecule has 16 heavy (non-hydrogen) atoms. The molecule has 1 aliphatic carbocycles. The molecular weight excluding hydrogens is 200 g/mol. The number of aliphatic hydroxyl groups is 1. The standard InChI is InChI=1S/C13H26N2O/c1-10(2)15-7-6-11(9-15)13(16)8-14-12-4-3-5-12/h10-14,16H,3-9H2,1-2H3. The van der Waals surface area contributed by atoms with Gasteiger partial charge in [0, 0.05) is 31.1 Å². The summed E-state index contributed by atoms with van der Waals surface area (Å²) in [5, 5.41) is 13.6. The van der Waals surface area contributed by atoms with Gasteiger partial charge in [0.2, 0.25) is 0 Å². The largest absolute Gasteiger partial charge is 0.391 e. The Morgan fingerprint density at radius 1 is 1.31 bits per heavy atom. The number of aliphatic hydroxyl groups excluding tert-OH is 1. The fourth-order valence-corrected chi connectivity index (χ4v) is 2.66. The van der Waals surface area contributed by atoms with Crippen LogP contribution in [0.3, 0.4) is 0 Å². The molecule has 1 aliphatic heterocycles. The fraction of sp³-hybridized carbons (Fsp3) is 1.00. The maximum absolute atomic E-state index is 10.1. The summed E-state index contributed by atoms with van der Waals surface area (Å²) in [4.78, 5) is 2.47. The molecule has 2 fully saturated rings. The zero-order valence-corrected chi connectivity index (χ0v) is 10.7. The van der Waals surface area contributed by atoms with Gasteiger partial charge in [0.1, 0.15) is 0 Å². The van der Waals surface area contributed by atoms with Crippen LogP contribution in [-0.2, 0) is 0 Å². The highest BCUT2D eigenvalue weighted by Gasteiger charge is 2.30. The lowest BCUT2D eigenvalue weighted by molar-refractivity contribution is 0.0986. The summed E-state index contributed by atoms with van der Waals surface area (Å²) in [6.07, 6.45) is 4.97. The van der Waals surface area contributed by atoms with E-state index in [2.05, 4.69) is 24.1 Å². The minimum Gasteiger partial charge on any atom is -0.391 e. The average Bonchev–Trinajstić information content (AvgIpc) is 2.63. The van der Waals surface area contributed by atoms with Gasteiger partial charge in [-0.2, -0.15) is 0 Å². The molecule has 1 saturated heterocycles. The van der Waals surface area contributed by atoms with Crippen LogP contribution < -0.4 is 5.32 Å². The molecule has 3 heteroatoms. The number of hydrogen-bond acceptors (Lipinski definition) is 3. The van der Waals surface area contributed by atoms with E-state index in [1.165, 1.54) is 19.3 Å². The Balaban J connectivity index is 1.67. The zero-order valence-electron chi connectivity index (χ0n) is 10.7. The van der Waals surface area contributed by atoms with Crippen molar-refractivity contribution < 1.29 is 5.11 Å². The van der Waals surface area contributed by atoms with Crippen LogP contribution in [-0.4, -0.2) is 47.8 Å². The molecule has 94 valence electrons. The Bertz CT molecular complexity index is 216. The normalized spacial score (nSPS) is 29.6. The van der Waals surface area contributed by atoms with Crippen LogP contribution in [0.2, 0.25) is 0 Å². The molecule has 3 nitrogen and oxygen atoms in total. The van der Waals surface area contributed by atoms with Crippen LogP contribution in [0.1, 0.15) is 39.5 Å². The molecule has 1 heterocycles. The van der Waals surface area contributed by atoms with Crippen LogP contribution in [0.25, 0.3) is 0 Å². The van der Waals surface area contributed by atoms with Crippen LogP contribution in [0.4, 0.5) is 0 Å². The van der Waals surface area contributed by atoms with Crippen molar-refractivity contribution in [2.45, 2.75) is 57.7 Å². The minimum absolute atomic E-state index is 0.149. The highest BCUT2D eigenvalue weighted by atomic mass is 16.3. The summed E-state index contributed by atoms with van der Waals surface area (Å²) in [6.45, 7) is 7.50. The van der Waals surface area contributed by atoms with Crippen molar-refractivity contribution in [3.8, 4) is 0 Å². The molecule has 1 saturated carbocycles. The third kappa shape index (κ3) is 2.96. The third-order valence-corrected chi connectivity index (χ3v) is 4.25. The van der Waals surface area contributed by atoms with Crippen molar-refractivity contribution >= 4 is 0 Å². The van der Waals surface area contributed by atoms with E-state index in [0.29, 0.717) is 18.0 Å². The average molecular weight is 226 g/mol. The van der Waals surface area contributed by atoms with Gasteiger partial charge in [-0.05, 0) is 39.7 Å². The number of hydrogen-bond donors (Lipinski definition) is 2. The molecule has 2 unspecified atom stereocenters. The summed E-state index contributed by atoms with van der Waals surface area (Å²) in [6, 6.07) is 1.31. The summed E-state index contributed by atoms with van der Waals surface area (Å²) in [7, 11) is 0. The van der Waals surface area contributed by atoms with Crippen molar-refractivity contribution in [3.05, 3.63) is 0 Å². The lowest BCUT2D eigenvalue weighted by atomic mass is 9.92. The first-order chi connectivity index (χ1) is 7.66. The smallest absolute Gasteiger partial charge is 0.0705 e. The van der Waals surface area contributed by atoms with Crippen molar-refractivity contribution in [1.82, 2.24) is 10.2 Å². The zero-order chi connectivity index (χ0) is 11.5. The predicted octanol–water partition coefficient (Wildman–Crippen LogP) is 1.22. The SMILES string of the molecule is CC(C)N1CCC(C(O)CNC2CCC2)C1. The first kappa shape index (κ1) is 12.3. The van der Waals surface area contributed by atoms with Crippen LogP contribution in [0.15, 0.2) is 0 Å².